The largest absolute Gasteiger partial charge is 0.464 e. The standard InChI is InChI=1S/C14H13N3O/c1-9-8-18-14-3-2-10(4-12(9)14)13-7-16-11(5-15)6-17-13/h2-4,6-8H,5,15H2,1H3. The van der Waals surface area contributed by atoms with E-state index in [9.17, 15) is 0 Å². The third kappa shape index (κ3) is 1.76. The molecule has 90 valence electrons. The molecule has 1 aromatic carbocycles. The van der Waals surface area contributed by atoms with Gasteiger partial charge < -0.3 is 10.2 Å². The number of rotatable bonds is 2. The predicted molar refractivity (Wildman–Crippen MR) is 69.9 cm³/mol. The first-order valence-electron chi connectivity index (χ1n) is 5.77. The maximum Gasteiger partial charge on any atom is 0.134 e. The van der Waals surface area contributed by atoms with E-state index in [1.165, 1.54) is 0 Å². The molecule has 2 heterocycles. The van der Waals surface area contributed by atoms with Gasteiger partial charge in [0.2, 0.25) is 0 Å². The van der Waals surface area contributed by atoms with Crippen LogP contribution in [0, 0.1) is 6.92 Å². The van der Waals surface area contributed by atoms with Crippen LogP contribution >= 0.6 is 0 Å². The Balaban J connectivity index is 2.09. The van der Waals surface area contributed by atoms with Crippen molar-refractivity contribution < 1.29 is 4.42 Å². The van der Waals surface area contributed by atoms with Crippen LogP contribution in [0.25, 0.3) is 22.2 Å². The van der Waals surface area contributed by atoms with Crippen LogP contribution in [0.2, 0.25) is 0 Å². The summed E-state index contributed by atoms with van der Waals surface area (Å²) in [7, 11) is 0. The number of fused-ring (bicyclic) bond motifs is 1. The van der Waals surface area contributed by atoms with E-state index in [0.717, 1.165) is 33.5 Å². The van der Waals surface area contributed by atoms with E-state index in [-0.39, 0.29) is 0 Å². The van der Waals surface area contributed by atoms with Crippen molar-refractivity contribution in [3.8, 4) is 11.3 Å². The van der Waals surface area contributed by atoms with E-state index in [4.69, 9.17) is 10.2 Å². The number of furan rings is 1. The zero-order chi connectivity index (χ0) is 12.5. The lowest BCUT2D eigenvalue weighted by Gasteiger charge is -2.02. The molecule has 3 rings (SSSR count). The van der Waals surface area contributed by atoms with Gasteiger partial charge in [0.15, 0.2) is 0 Å². The first-order chi connectivity index (χ1) is 8.78. The van der Waals surface area contributed by atoms with E-state index in [0.29, 0.717) is 6.54 Å². The number of nitrogens with zero attached hydrogens (tertiary/aromatic N) is 2. The Morgan fingerprint density at radius 2 is 2.11 bits per heavy atom. The Bertz CT molecular complexity index is 686. The average molecular weight is 239 g/mol. The highest BCUT2D eigenvalue weighted by molar-refractivity contribution is 5.85. The second-order valence-corrected chi connectivity index (χ2v) is 4.23. The summed E-state index contributed by atoms with van der Waals surface area (Å²) in [5.74, 6) is 0. The van der Waals surface area contributed by atoms with Crippen LogP contribution in [-0.2, 0) is 6.54 Å². The number of nitrogens with two attached hydrogens (primary N) is 1. The molecule has 0 bridgehead atoms. The van der Waals surface area contributed by atoms with Crippen LogP contribution in [0.1, 0.15) is 11.3 Å². The molecule has 4 heteroatoms. The number of aromatic nitrogens is 2. The monoisotopic (exact) mass is 239 g/mol. The lowest BCUT2D eigenvalue weighted by molar-refractivity contribution is 0.613. The van der Waals surface area contributed by atoms with E-state index < -0.39 is 0 Å². The number of hydrogen-bond donors (Lipinski definition) is 1. The Labute approximate surface area is 104 Å². The first-order valence-corrected chi connectivity index (χ1v) is 5.77. The lowest BCUT2D eigenvalue weighted by Crippen LogP contribution is -2.00. The van der Waals surface area contributed by atoms with E-state index in [1.54, 1.807) is 18.7 Å². The average Bonchev–Trinajstić information content (AvgIpc) is 2.80. The lowest BCUT2D eigenvalue weighted by atomic mass is 10.1. The summed E-state index contributed by atoms with van der Waals surface area (Å²) in [5.41, 5.74) is 10.2. The molecule has 0 saturated heterocycles. The summed E-state index contributed by atoms with van der Waals surface area (Å²) in [6.45, 7) is 2.44. The van der Waals surface area contributed by atoms with Crippen LogP contribution in [0.5, 0.6) is 0 Å². The van der Waals surface area contributed by atoms with Crippen molar-refractivity contribution in [2.45, 2.75) is 13.5 Å². The smallest absolute Gasteiger partial charge is 0.134 e. The molecule has 3 aromatic rings. The fourth-order valence-electron chi connectivity index (χ4n) is 1.92. The van der Waals surface area contributed by atoms with Crippen molar-refractivity contribution >= 4 is 11.0 Å². The molecular weight excluding hydrogens is 226 g/mol. The molecule has 4 nitrogen and oxygen atoms in total. The molecule has 0 aliphatic rings. The normalized spacial score (nSPS) is 11.0. The third-order valence-electron chi connectivity index (χ3n) is 2.98. The van der Waals surface area contributed by atoms with E-state index >= 15 is 0 Å². The van der Waals surface area contributed by atoms with Crippen molar-refractivity contribution in [3.05, 3.63) is 48.1 Å². The van der Waals surface area contributed by atoms with Crippen molar-refractivity contribution in [2.24, 2.45) is 5.73 Å². The van der Waals surface area contributed by atoms with Gasteiger partial charge in [0.25, 0.3) is 0 Å². The molecule has 0 saturated carbocycles. The van der Waals surface area contributed by atoms with Crippen molar-refractivity contribution in [3.63, 3.8) is 0 Å². The second kappa shape index (κ2) is 4.23. The zero-order valence-electron chi connectivity index (χ0n) is 10.1. The van der Waals surface area contributed by atoms with E-state index in [1.807, 2.05) is 19.1 Å². The topological polar surface area (TPSA) is 64.9 Å². The van der Waals surface area contributed by atoms with Gasteiger partial charge in [-0.2, -0.15) is 0 Å². The Hall–Kier alpha value is -2.20. The molecule has 2 N–H and O–H groups in total. The summed E-state index contributed by atoms with van der Waals surface area (Å²) < 4.78 is 5.42. The van der Waals surface area contributed by atoms with Crippen molar-refractivity contribution in [1.82, 2.24) is 9.97 Å². The molecule has 0 aliphatic heterocycles. The number of hydrogen-bond acceptors (Lipinski definition) is 4. The first kappa shape index (κ1) is 10.9. The van der Waals surface area contributed by atoms with Gasteiger partial charge in [0, 0.05) is 17.5 Å². The molecule has 0 atom stereocenters. The van der Waals surface area contributed by atoms with Crippen LogP contribution in [0.4, 0.5) is 0 Å². The Kier molecular flexibility index (Phi) is 2.57. The maximum atomic E-state index is 5.50. The van der Waals surface area contributed by atoms with Crippen LogP contribution in [0.15, 0.2) is 41.3 Å². The molecule has 0 fully saturated rings. The van der Waals surface area contributed by atoms with Crippen LogP contribution in [-0.4, -0.2) is 9.97 Å². The molecule has 18 heavy (non-hydrogen) atoms. The molecule has 0 aliphatic carbocycles. The Morgan fingerprint density at radius 3 is 2.83 bits per heavy atom. The van der Waals surface area contributed by atoms with Gasteiger partial charge in [0.05, 0.1) is 30.0 Å². The molecule has 2 aromatic heterocycles. The SMILES string of the molecule is Cc1coc2ccc(-c3cnc(CN)cn3)cc12. The maximum absolute atomic E-state index is 5.50. The second-order valence-electron chi connectivity index (χ2n) is 4.23. The minimum Gasteiger partial charge on any atom is -0.464 e. The minimum atomic E-state index is 0.410. The minimum absolute atomic E-state index is 0.410. The van der Waals surface area contributed by atoms with Crippen molar-refractivity contribution in [2.75, 3.05) is 0 Å². The highest BCUT2D eigenvalue weighted by Crippen LogP contribution is 2.26. The van der Waals surface area contributed by atoms with Gasteiger partial charge in [-0.3, -0.25) is 9.97 Å². The number of aryl methyl sites for hydroxylation is 1. The summed E-state index contributed by atoms with van der Waals surface area (Å²) in [5, 5.41) is 1.11. The highest BCUT2D eigenvalue weighted by atomic mass is 16.3. The summed E-state index contributed by atoms with van der Waals surface area (Å²) in [6.07, 6.45) is 5.22. The molecule has 0 spiro atoms. The number of benzene rings is 1. The summed E-state index contributed by atoms with van der Waals surface area (Å²) in [6, 6.07) is 6.01. The summed E-state index contributed by atoms with van der Waals surface area (Å²) >= 11 is 0. The van der Waals surface area contributed by atoms with Gasteiger partial charge in [-0.05, 0) is 30.7 Å². The quantitative estimate of drug-likeness (QED) is 0.746. The fraction of sp³-hybridized carbons (Fsp3) is 0.143. The van der Waals surface area contributed by atoms with Gasteiger partial charge in [-0.1, -0.05) is 0 Å². The van der Waals surface area contributed by atoms with Crippen LogP contribution < -0.4 is 5.73 Å². The highest BCUT2D eigenvalue weighted by Gasteiger charge is 2.06. The molecule has 0 amide bonds. The van der Waals surface area contributed by atoms with E-state index in [2.05, 4.69) is 16.0 Å². The van der Waals surface area contributed by atoms with Crippen LogP contribution in [0.3, 0.4) is 0 Å². The molecular formula is C14H13N3O. The fourth-order valence-corrected chi connectivity index (χ4v) is 1.92. The zero-order valence-corrected chi connectivity index (χ0v) is 10.1. The Morgan fingerprint density at radius 1 is 1.22 bits per heavy atom. The van der Waals surface area contributed by atoms with Gasteiger partial charge >= 0.3 is 0 Å². The van der Waals surface area contributed by atoms with Gasteiger partial charge in [0.1, 0.15) is 5.58 Å². The summed E-state index contributed by atoms with van der Waals surface area (Å²) in [4.78, 5) is 8.62. The van der Waals surface area contributed by atoms with Crippen molar-refractivity contribution in [1.29, 1.82) is 0 Å². The van der Waals surface area contributed by atoms with Gasteiger partial charge in [-0.15, -0.1) is 0 Å². The third-order valence-corrected chi connectivity index (χ3v) is 2.98. The molecule has 0 radical (unpaired) electrons. The molecule has 0 unspecified atom stereocenters. The van der Waals surface area contributed by atoms with Gasteiger partial charge in [-0.25, -0.2) is 0 Å². The predicted octanol–water partition coefficient (Wildman–Crippen LogP) is 2.66.